The zero-order chi connectivity index (χ0) is 10.7. The summed E-state index contributed by atoms with van der Waals surface area (Å²) in [7, 11) is 0. The van der Waals surface area contributed by atoms with Crippen LogP contribution >= 0.6 is 0 Å². The molecule has 1 N–H and O–H groups in total. The van der Waals surface area contributed by atoms with Crippen molar-refractivity contribution in [3.05, 3.63) is 24.0 Å². The van der Waals surface area contributed by atoms with Gasteiger partial charge in [-0.15, -0.1) is 0 Å². The number of aryl methyl sites for hydroxylation is 1. The molecule has 0 bridgehead atoms. The third kappa shape index (κ3) is 2.49. The molecular formula is C13H20N2. The fraction of sp³-hybridized carbons (Fsp3) is 0.615. The molecule has 1 fully saturated rings. The summed E-state index contributed by atoms with van der Waals surface area (Å²) >= 11 is 0. The first-order valence-corrected chi connectivity index (χ1v) is 5.94. The van der Waals surface area contributed by atoms with Crippen molar-refractivity contribution in [2.24, 2.45) is 5.92 Å². The molecule has 2 atom stereocenters. The second kappa shape index (κ2) is 4.65. The van der Waals surface area contributed by atoms with Crippen molar-refractivity contribution in [1.29, 1.82) is 0 Å². The maximum atomic E-state index is 4.17. The van der Waals surface area contributed by atoms with Crippen LogP contribution in [0.4, 0.5) is 5.69 Å². The largest absolute Gasteiger partial charge is 0.381 e. The van der Waals surface area contributed by atoms with E-state index in [9.17, 15) is 0 Å². The van der Waals surface area contributed by atoms with Gasteiger partial charge in [0.05, 0.1) is 11.9 Å². The fourth-order valence-electron chi connectivity index (χ4n) is 2.35. The van der Waals surface area contributed by atoms with E-state index in [4.69, 9.17) is 0 Å². The Kier molecular flexibility index (Phi) is 3.24. The summed E-state index contributed by atoms with van der Waals surface area (Å²) in [6, 6.07) is 2.71. The molecule has 2 unspecified atom stereocenters. The van der Waals surface area contributed by atoms with E-state index in [1.807, 2.05) is 12.4 Å². The Bertz CT molecular complexity index is 322. The lowest BCUT2D eigenvalue weighted by atomic mass is 9.86. The Morgan fingerprint density at radius 3 is 2.87 bits per heavy atom. The summed E-state index contributed by atoms with van der Waals surface area (Å²) in [6.45, 7) is 4.49. The summed E-state index contributed by atoms with van der Waals surface area (Å²) in [4.78, 5) is 4.17. The number of aromatic nitrogens is 1. The van der Waals surface area contributed by atoms with Gasteiger partial charge in [-0.1, -0.05) is 19.8 Å². The van der Waals surface area contributed by atoms with Crippen LogP contribution in [0.1, 0.15) is 38.2 Å². The van der Waals surface area contributed by atoms with Gasteiger partial charge in [0.25, 0.3) is 0 Å². The lowest BCUT2D eigenvalue weighted by Gasteiger charge is -2.30. The molecular weight excluding hydrogens is 184 g/mol. The van der Waals surface area contributed by atoms with E-state index < -0.39 is 0 Å². The summed E-state index contributed by atoms with van der Waals surface area (Å²) in [5.41, 5.74) is 2.50. The quantitative estimate of drug-likeness (QED) is 0.798. The van der Waals surface area contributed by atoms with Crippen molar-refractivity contribution >= 4 is 5.69 Å². The van der Waals surface area contributed by atoms with Gasteiger partial charge in [-0.2, -0.15) is 0 Å². The first kappa shape index (κ1) is 10.5. The normalized spacial score (nSPS) is 26.3. The van der Waals surface area contributed by atoms with E-state index in [1.165, 1.54) is 36.9 Å². The van der Waals surface area contributed by atoms with E-state index in [1.54, 1.807) is 0 Å². The average Bonchev–Trinajstić information content (AvgIpc) is 2.24. The first-order valence-electron chi connectivity index (χ1n) is 5.94. The van der Waals surface area contributed by atoms with Crippen LogP contribution in [-0.2, 0) is 0 Å². The number of nitrogens with one attached hydrogen (secondary N) is 1. The molecule has 15 heavy (non-hydrogen) atoms. The smallest absolute Gasteiger partial charge is 0.0558 e. The zero-order valence-electron chi connectivity index (χ0n) is 9.66. The molecule has 1 aliphatic rings. The van der Waals surface area contributed by atoms with Crippen molar-refractivity contribution in [1.82, 2.24) is 4.98 Å². The predicted octanol–water partition coefficient (Wildman–Crippen LogP) is 3.38. The van der Waals surface area contributed by atoms with Crippen LogP contribution in [0.15, 0.2) is 18.5 Å². The number of pyridine rings is 1. The highest BCUT2D eigenvalue weighted by Crippen LogP contribution is 2.27. The van der Waals surface area contributed by atoms with Crippen molar-refractivity contribution in [3.63, 3.8) is 0 Å². The summed E-state index contributed by atoms with van der Waals surface area (Å²) in [6.07, 6.45) is 9.21. The van der Waals surface area contributed by atoms with Crippen molar-refractivity contribution in [3.8, 4) is 0 Å². The Hall–Kier alpha value is -1.05. The Labute approximate surface area is 92.1 Å². The third-order valence-electron chi connectivity index (χ3n) is 3.49. The lowest BCUT2D eigenvalue weighted by Crippen LogP contribution is -2.30. The van der Waals surface area contributed by atoms with Gasteiger partial charge in [-0.25, -0.2) is 0 Å². The highest BCUT2D eigenvalue weighted by atomic mass is 14.9. The van der Waals surface area contributed by atoms with Crippen LogP contribution < -0.4 is 5.32 Å². The lowest BCUT2D eigenvalue weighted by molar-refractivity contribution is 0.349. The van der Waals surface area contributed by atoms with Crippen LogP contribution in [0.25, 0.3) is 0 Å². The standard InChI is InChI=1S/C13H20N2/c1-10-5-3-4-6-12(10)15-13-9-14-8-7-11(13)2/h7-10,12,15H,3-6H2,1-2H3. The SMILES string of the molecule is Cc1ccncc1NC1CCCCC1C. The predicted molar refractivity (Wildman–Crippen MR) is 64.0 cm³/mol. The topological polar surface area (TPSA) is 24.9 Å². The van der Waals surface area contributed by atoms with E-state index in [0.717, 1.165) is 5.92 Å². The summed E-state index contributed by atoms with van der Waals surface area (Å²) < 4.78 is 0. The second-order valence-electron chi connectivity index (χ2n) is 4.70. The Morgan fingerprint density at radius 2 is 2.13 bits per heavy atom. The number of hydrogen-bond acceptors (Lipinski definition) is 2. The molecule has 0 spiro atoms. The molecule has 1 aromatic heterocycles. The van der Waals surface area contributed by atoms with Crippen molar-refractivity contribution in [2.45, 2.75) is 45.6 Å². The van der Waals surface area contributed by atoms with E-state index >= 15 is 0 Å². The van der Waals surface area contributed by atoms with Gasteiger partial charge in [-0.3, -0.25) is 4.98 Å². The maximum absolute atomic E-state index is 4.17. The Balaban J connectivity index is 2.04. The summed E-state index contributed by atoms with van der Waals surface area (Å²) in [5.74, 6) is 0.790. The van der Waals surface area contributed by atoms with Crippen LogP contribution in [0.2, 0.25) is 0 Å². The molecule has 0 saturated heterocycles. The average molecular weight is 204 g/mol. The van der Waals surface area contributed by atoms with E-state index in [-0.39, 0.29) is 0 Å². The van der Waals surface area contributed by atoms with Crippen LogP contribution in [-0.4, -0.2) is 11.0 Å². The Morgan fingerprint density at radius 1 is 1.33 bits per heavy atom. The molecule has 0 amide bonds. The number of hydrogen-bond donors (Lipinski definition) is 1. The van der Waals surface area contributed by atoms with Gasteiger partial charge >= 0.3 is 0 Å². The van der Waals surface area contributed by atoms with Gasteiger partial charge in [-0.05, 0) is 37.3 Å². The fourth-order valence-corrected chi connectivity index (χ4v) is 2.35. The number of nitrogens with zero attached hydrogens (tertiary/aromatic N) is 1. The van der Waals surface area contributed by atoms with Crippen LogP contribution in [0.5, 0.6) is 0 Å². The molecule has 1 aromatic rings. The highest BCUT2D eigenvalue weighted by molar-refractivity contribution is 5.48. The second-order valence-corrected chi connectivity index (χ2v) is 4.70. The molecule has 0 aromatic carbocycles. The molecule has 2 rings (SSSR count). The third-order valence-corrected chi connectivity index (χ3v) is 3.49. The van der Waals surface area contributed by atoms with Gasteiger partial charge in [0.15, 0.2) is 0 Å². The minimum atomic E-state index is 0.640. The van der Waals surface area contributed by atoms with E-state index in [0.29, 0.717) is 6.04 Å². The van der Waals surface area contributed by atoms with Gasteiger partial charge in [0.1, 0.15) is 0 Å². The molecule has 1 saturated carbocycles. The molecule has 0 aliphatic heterocycles. The monoisotopic (exact) mass is 204 g/mol. The number of rotatable bonds is 2. The molecule has 0 radical (unpaired) electrons. The minimum absolute atomic E-state index is 0.640. The molecule has 1 heterocycles. The summed E-state index contributed by atoms with van der Waals surface area (Å²) in [5, 5.41) is 3.64. The first-order chi connectivity index (χ1) is 7.27. The van der Waals surface area contributed by atoms with Crippen molar-refractivity contribution < 1.29 is 0 Å². The van der Waals surface area contributed by atoms with Crippen LogP contribution in [0.3, 0.4) is 0 Å². The zero-order valence-corrected chi connectivity index (χ0v) is 9.66. The van der Waals surface area contributed by atoms with Gasteiger partial charge < -0.3 is 5.32 Å². The van der Waals surface area contributed by atoms with E-state index in [2.05, 4.69) is 30.2 Å². The number of anilines is 1. The molecule has 2 nitrogen and oxygen atoms in total. The maximum Gasteiger partial charge on any atom is 0.0558 e. The minimum Gasteiger partial charge on any atom is -0.381 e. The molecule has 82 valence electrons. The van der Waals surface area contributed by atoms with Gasteiger partial charge in [0, 0.05) is 12.2 Å². The highest BCUT2D eigenvalue weighted by Gasteiger charge is 2.21. The van der Waals surface area contributed by atoms with Gasteiger partial charge in [0.2, 0.25) is 0 Å². The van der Waals surface area contributed by atoms with Crippen molar-refractivity contribution in [2.75, 3.05) is 5.32 Å². The molecule has 1 aliphatic carbocycles. The molecule has 2 heteroatoms. The van der Waals surface area contributed by atoms with Crippen LogP contribution in [0, 0.1) is 12.8 Å².